The normalized spacial score (nSPS) is 12.7. The third kappa shape index (κ3) is 8.53. The highest BCUT2D eigenvalue weighted by molar-refractivity contribution is 7.92. The number of anilines is 1. The average Bonchev–Trinajstić information content (AvgIpc) is 2.97. The summed E-state index contributed by atoms with van der Waals surface area (Å²) in [6, 6.07) is 19.3. The summed E-state index contributed by atoms with van der Waals surface area (Å²) >= 11 is 0. The number of amides is 2. The molecule has 3 aromatic carbocycles. The SMILES string of the molecule is CCOc1ccc(S(=O)(=O)N(CC(=O)N(CCc2ccccc2)[C@H](C)C(=O)N[C@H](C)CC)c2ccc(F)cc2)cc1. The van der Waals surface area contributed by atoms with E-state index in [1.165, 1.54) is 41.3 Å². The number of nitrogens with one attached hydrogen (secondary N) is 1. The summed E-state index contributed by atoms with van der Waals surface area (Å²) in [5.74, 6) is -0.933. The zero-order chi connectivity index (χ0) is 30.0. The molecule has 2 amide bonds. The fourth-order valence-corrected chi connectivity index (χ4v) is 5.59. The van der Waals surface area contributed by atoms with Crippen LogP contribution in [0.4, 0.5) is 10.1 Å². The number of halogens is 1. The lowest BCUT2D eigenvalue weighted by atomic mass is 10.1. The van der Waals surface area contributed by atoms with Gasteiger partial charge in [0.15, 0.2) is 0 Å². The number of hydrogen-bond acceptors (Lipinski definition) is 5. The number of ether oxygens (including phenoxy) is 1. The average molecular weight is 584 g/mol. The molecular weight excluding hydrogens is 545 g/mol. The van der Waals surface area contributed by atoms with Gasteiger partial charge in [-0.2, -0.15) is 0 Å². The Balaban J connectivity index is 1.96. The minimum absolute atomic E-state index is 0.0588. The summed E-state index contributed by atoms with van der Waals surface area (Å²) in [4.78, 5) is 28.3. The summed E-state index contributed by atoms with van der Waals surface area (Å²) < 4.78 is 47.8. The monoisotopic (exact) mass is 583 g/mol. The van der Waals surface area contributed by atoms with Crippen molar-refractivity contribution in [3.8, 4) is 5.75 Å². The number of benzene rings is 3. The molecule has 0 saturated carbocycles. The maximum Gasteiger partial charge on any atom is 0.264 e. The van der Waals surface area contributed by atoms with Crippen molar-refractivity contribution < 1.29 is 27.1 Å². The second-order valence-electron chi connectivity index (χ2n) is 9.71. The van der Waals surface area contributed by atoms with Crippen molar-refractivity contribution in [3.63, 3.8) is 0 Å². The molecule has 8 nitrogen and oxygen atoms in total. The molecule has 0 aliphatic rings. The molecule has 0 bridgehead atoms. The van der Waals surface area contributed by atoms with E-state index in [1.54, 1.807) is 6.92 Å². The smallest absolute Gasteiger partial charge is 0.264 e. The van der Waals surface area contributed by atoms with Crippen LogP contribution in [-0.2, 0) is 26.0 Å². The molecule has 0 spiro atoms. The highest BCUT2D eigenvalue weighted by atomic mass is 32.2. The molecule has 220 valence electrons. The molecule has 41 heavy (non-hydrogen) atoms. The number of carbonyl (C=O) groups excluding carboxylic acids is 2. The van der Waals surface area contributed by atoms with Gasteiger partial charge >= 0.3 is 0 Å². The van der Waals surface area contributed by atoms with E-state index in [0.717, 1.165) is 28.4 Å². The first-order valence-electron chi connectivity index (χ1n) is 13.7. The Hall–Kier alpha value is -3.92. The van der Waals surface area contributed by atoms with Gasteiger partial charge < -0.3 is 15.0 Å². The Morgan fingerprint density at radius 1 is 0.927 bits per heavy atom. The lowest BCUT2D eigenvalue weighted by Gasteiger charge is -2.32. The second-order valence-corrected chi connectivity index (χ2v) is 11.6. The maximum absolute atomic E-state index is 13.9. The first kappa shape index (κ1) is 31.6. The topological polar surface area (TPSA) is 96.0 Å². The summed E-state index contributed by atoms with van der Waals surface area (Å²) in [6.07, 6.45) is 1.19. The van der Waals surface area contributed by atoms with E-state index in [-0.39, 0.29) is 29.1 Å². The van der Waals surface area contributed by atoms with Crippen molar-refractivity contribution in [1.29, 1.82) is 0 Å². The Morgan fingerprint density at radius 3 is 2.15 bits per heavy atom. The molecule has 3 rings (SSSR count). The zero-order valence-corrected chi connectivity index (χ0v) is 24.7. The zero-order valence-electron chi connectivity index (χ0n) is 23.9. The van der Waals surface area contributed by atoms with E-state index in [2.05, 4.69) is 5.32 Å². The lowest BCUT2D eigenvalue weighted by molar-refractivity contribution is -0.139. The van der Waals surface area contributed by atoms with Crippen LogP contribution >= 0.6 is 0 Å². The molecule has 10 heteroatoms. The van der Waals surface area contributed by atoms with Crippen LogP contribution in [0.1, 0.15) is 39.7 Å². The molecular formula is C31H38FN3O5S. The van der Waals surface area contributed by atoms with Crippen LogP contribution < -0.4 is 14.4 Å². The van der Waals surface area contributed by atoms with Gasteiger partial charge in [-0.3, -0.25) is 13.9 Å². The van der Waals surface area contributed by atoms with Crippen LogP contribution in [0.3, 0.4) is 0 Å². The van der Waals surface area contributed by atoms with Gasteiger partial charge in [-0.1, -0.05) is 37.3 Å². The van der Waals surface area contributed by atoms with Gasteiger partial charge in [0.1, 0.15) is 24.2 Å². The van der Waals surface area contributed by atoms with Gasteiger partial charge in [-0.05, 0) is 87.7 Å². The van der Waals surface area contributed by atoms with Crippen LogP contribution in [0, 0.1) is 5.82 Å². The second kappa shape index (κ2) is 14.6. The predicted molar refractivity (Wildman–Crippen MR) is 158 cm³/mol. The number of carbonyl (C=O) groups is 2. The standard InChI is InChI=1S/C31H38FN3O5S/c1-5-23(3)33-31(37)24(4)34(21-20-25-10-8-7-9-11-25)30(36)22-35(27-14-12-26(32)13-15-27)41(38,39)29-18-16-28(17-19-29)40-6-2/h7-19,23-24H,5-6,20-22H2,1-4H3,(H,33,37)/t23-,24-/m1/s1. The van der Waals surface area contributed by atoms with Crippen molar-refractivity contribution in [2.75, 3.05) is 24.0 Å². The van der Waals surface area contributed by atoms with Crippen LogP contribution in [0.5, 0.6) is 5.75 Å². The molecule has 0 radical (unpaired) electrons. The van der Waals surface area contributed by atoms with Gasteiger partial charge in [0.25, 0.3) is 10.0 Å². The fourth-order valence-electron chi connectivity index (χ4n) is 4.17. The van der Waals surface area contributed by atoms with Crippen LogP contribution in [0.25, 0.3) is 0 Å². The minimum atomic E-state index is -4.26. The number of sulfonamides is 1. The molecule has 0 aliphatic carbocycles. The van der Waals surface area contributed by atoms with Crippen molar-refractivity contribution in [1.82, 2.24) is 10.2 Å². The summed E-state index contributed by atoms with van der Waals surface area (Å²) in [5, 5.41) is 2.91. The molecule has 3 aromatic rings. The van der Waals surface area contributed by atoms with Gasteiger partial charge in [0, 0.05) is 12.6 Å². The molecule has 2 atom stereocenters. The van der Waals surface area contributed by atoms with E-state index in [0.29, 0.717) is 18.8 Å². The Bertz CT molecular complexity index is 1380. The van der Waals surface area contributed by atoms with Crippen molar-refractivity contribution >= 4 is 27.5 Å². The molecule has 0 aromatic heterocycles. The molecule has 0 aliphatic heterocycles. The first-order valence-corrected chi connectivity index (χ1v) is 15.2. The third-order valence-electron chi connectivity index (χ3n) is 6.77. The van der Waals surface area contributed by atoms with E-state index in [4.69, 9.17) is 4.74 Å². The van der Waals surface area contributed by atoms with Crippen molar-refractivity contribution in [2.24, 2.45) is 0 Å². The van der Waals surface area contributed by atoms with Crippen molar-refractivity contribution in [2.45, 2.75) is 57.5 Å². The molecule has 0 unspecified atom stereocenters. The van der Waals surface area contributed by atoms with E-state index < -0.39 is 34.3 Å². The van der Waals surface area contributed by atoms with E-state index in [1.807, 2.05) is 51.1 Å². The highest BCUT2D eigenvalue weighted by Gasteiger charge is 2.32. The number of nitrogens with zero attached hydrogens (tertiary/aromatic N) is 2. The molecule has 1 N–H and O–H groups in total. The lowest BCUT2D eigenvalue weighted by Crippen LogP contribution is -2.53. The molecule has 0 saturated heterocycles. The largest absolute Gasteiger partial charge is 0.494 e. The number of rotatable bonds is 14. The fraction of sp³-hybridized carbons (Fsp3) is 0.355. The summed E-state index contributed by atoms with van der Waals surface area (Å²) in [7, 11) is -4.26. The Kier molecular flexibility index (Phi) is 11.3. The van der Waals surface area contributed by atoms with Crippen LogP contribution in [0.2, 0.25) is 0 Å². The quantitative estimate of drug-likeness (QED) is 0.294. The molecule has 0 fully saturated rings. The Morgan fingerprint density at radius 2 is 1.56 bits per heavy atom. The first-order chi connectivity index (χ1) is 19.6. The van der Waals surface area contributed by atoms with Crippen molar-refractivity contribution in [3.05, 3.63) is 90.2 Å². The minimum Gasteiger partial charge on any atom is -0.494 e. The van der Waals surface area contributed by atoms with Gasteiger partial charge in [-0.15, -0.1) is 0 Å². The number of hydrogen-bond donors (Lipinski definition) is 1. The maximum atomic E-state index is 13.9. The van der Waals surface area contributed by atoms with Crippen LogP contribution in [0.15, 0.2) is 83.8 Å². The van der Waals surface area contributed by atoms with Gasteiger partial charge in [-0.25, -0.2) is 12.8 Å². The molecule has 0 heterocycles. The third-order valence-corrected chi connectivity index (χ3v) is 8.56. The summed E-state index contributed by atoms with van der Waals surface area (Å²) in [5.41, 5.74) is 1.09. The van der Waals surface area contributed by atoms with E-state index in [9.17, 15) is 22.4 Å². The summed E-state index contributed by atoms with van der Waals surface area (Å²) in [6.45, 7) is 7.30. The van der Waals surface area contributed by atoms with Gasteiger partial charge in [0.05, 0.1) is 17.2 Å². The van der Waals surface area contributed by atoms with E-state index >= 15 is 0 Å². The van der Waals surface area contributed by atoms with Crippen LogP contribution in [-0.4, -0.2) is 56.9 Å². The predicted octanol–water partition coefficient (Wildman–Crippen LogP) is 4.79. The Labute approximate surface area is 242 Å². The van der Waals surface area contributed by atoms with Gasteiger partial charge in [0.2, 0.25) is 11.8 Å². The highest BCUT2D eigenvalue weighted by Crippen LogP contribution is 2.26.